The highest BCUT2D eigenvalue weighted by Crippen LogP contribution is 2.12. The lowest BCUT2D eigenvalue weighted by atomic mass is 10.2. The Labute approximate surface area is 138 Å². The normalized spacial score (nSPS) is 11.4. The van der Waals surface area contributed by atoms with Crippen LogP contribution in [0, 0.1) is 13.8 Å². The number of hydrogen-bond acceptors (Lipinski definition) is 3. The van der Waals surface area contributed by atoms with Crippen molar-refractivity contribution < 1.29 is 4.79 Å². The third-order valence-corrected chi connectivity index (χ3v) is 3.62. The average Bonchev–Trinajstić information content (AvgIpc) is 2.76. The van der Waals surface area contributed by atoms with E-state index in [4.69, 9.17) is 0 Å². The molecule has 0 fully saturated rings. The van der Waals surface area contributed by atoms with Crippen LogP contribution in [0.2, 0.25) is 0 Å². The van der Waals surface area contributed by atoms with Crippen LogP contribution in [0.1, 0.15) is 43.6 Å². The van der Waals surface area contributed by atoms with E-state index < -0.39 is 0 Å². The van der Waals surface area contributed by atoms with Crippen molar-refractivity contribution >= 4 is 11.9 Å². The molecular formula is C16H30N6O. The molecule has 23 heavy (non-hydrogen) atoms. The minimum Gasteiger partial charge on any atom is -0.357 e. The molecule has 1 rings (SSSR count). The highest BCUT2D eigenvalue weighted by molar-refractivity contribution is 5.81. The number of amides is 1. The second kappa shape index (κ2) is 9.86. The van der Waals surface area contributed by atoms with Gasteiger partial charge in [0.15, 0.2) is 5.96 Å². The number of aliphatic imine (C=N–C) groups is 1. The number of hydrogen-bond donors (Lipinski definition) is 3. The number of carbonyl (C=O) groups excluding carboxylic acids is 1. The van der Waals surface area contributed by atoms with Gasteiger partial charge in [0, 0.05) is 44.4 Å². The first kappa shape index (κ1) is 19.0. The molecule has 7 heteroatoms. The molecule has 0 aromatic carbocycles. The van der Waals surface area contributed by atoms with Crippen LogP contribution < -0.4 is 16.0 Å². The molecule has 1 heterocycles. The van der Waals surface area contributed by atoms with E-state index in [0.29, 0.717) is 19.5 Å². The van der Waals surface area contributed by atoms with Gasteiger partial charge in [0.25, 0.3) is 0 Å². The van der Waals surface area contributed by atoms with Crippen LogP contribution in [0.3, 0.4) is 0 Å². The molecule has 130 valence electrons. The molecule has 0 unspecified atom stereocenters. The van der Waals surface area contributed by atoms with E-state index in [-0.39, 0.29) is 5.91 Å². The molecular weight excluding hydrogens is 292 g/mol. The van der Waals surface area contributed by atoms with E-state index in [1.54, 1.807) is 0 Å². The lowest BCUT2D eigenvalue weighted by Crippen LogP contribution is -2.39. The summed E-state index contributed by atoms with van der Waals surface area (Å²) in [4.78, 5) is 16.2. The largest absolute Gasteiger partial charge is 0.357 e. The number of rotatable bonds is 8. The summed E-state index contributed by atoms with van der Waals surface area (Å²) in [5.74, 6) is 0.785. The van der Waals surface area contributed by atoms with Crippen LogP contribution in [-0.4, -0.2) is 41.3 Å². The summed E-state index contributed by atoms with van der Waals surface area (Å²) in [6.45, 7) is 10.7. The first-order valence-electron chi connectivity index (χ1n) is 8.27. The number of carbonyl (C=O) groups is 1. The minimum atomic E-state index is 0.0640. The molecule has 0 aliphatic carbocycles. The Morgan fingerprint density at radius 3 is 2.48 bits per heavy atom. The zero-order chi connectivity index (χ0) is 17.2. The maximum absolute atomic E-state index is 11.6. The van der Waals surface area contributed by atoms with Crippen molar-refractivity contribution in [3.63, 3.8) is 0 Å². The molecule has 0 spiro atoms. The topological polar surface area (TPSA) is 83.3 Å². The molecule has 0 saturated heterocycles. The fourth-order valence-corrected chi connectivity index (χ4v) is 2.19. The van der Waals surface area contributed by atoms with Crippen LogP contribution in [0.5, 0.6) is 0 Å². The van der Waals surface area contributed by atoms with Crippen LogP contribution >= 0.6 is 0 Å². The maximum Gasteiger partial charge on any atom is 0.221 e. The molecule has 1 aromatic heterocycles. The Kier molecular flexibility index (Phi) is 8.15. The van der Waals surface area contributed by atoms with E-state index in [9.17, 15) is 4.79 Å². The fourth-order valence-electron chi connectivity index (χ4n) is 2.19. The summed E-state index contributed by atoms with van der Waals surface area (Å²) in [5, 5.41) is 13.7. The van der Waals surface area contributed by atoms with Crippen molar-refractivity contribution in [2.45, 2.75) is 47.1 Å². The highest BCUT2D eigenvalue weighted by atomic mass is 16.1. The van der Waals surface area contributed by atoms with Crippen molar-refractivity contribution in [1.82, 2.24) is 25.7 Å². The Morgan fingerprint density at radius 2 is 1.91 bits per heavy atom. The lowest BCUT2D eigenvalue weighted by Gasteiger charge is -2.11. The fraction of sp³-hybridized carbons (Fsp3) is 0.688. The SMILES string of the molecule is CCCNC(=O)CCNC(=NCc1c(C)nn(C)c1C)NCC. The summed E-state index contributed by atoms with van der Waals surface area (Å²) in [7, 11) is 1.94. The number of guanidine groups is 1. The van der Waals surface area contributed by atoms with Gasteiger partial charge in [0.1, 0.15) is 0 Å². The summed E-state index contributed by atoms with van der Waals surface area (Å²) in [5.41, 5.74) is 3.27. The summed E-state index contributed by atoms with van der Waals surface area (Å²) < 4.78 is 1.87. The Bertz CT molecular complexity index is 535. The third kappa shape index (κ3) is 6.30. The second-order valence-corrected chi connectivity index (χ2v) is 5.49. The number of aryl methyl sites for hydroxylation is 2. The molecule has 1 aromatic rings. The molecule has 0 saturated carbocycles. The zero-order valence-corrected chi connectivity index (χ0v) is 15.0. The van der Waals surface area contributed by atoms with Crippen LogP contribution in [0.25, 0.3) is 0 Å². The van der Waals surface area contributed by atoms with Crippen molar-refractivity contribution in [1.29, 1.82) is 0 Å². The summed E-state index contributed by atoms with van der Waals surface area (Å²) >= 11 is 0. The second-order valence-electron chi connectivity index (χ2n) is 5.49. The summed E-state index contributed by atoms with van der Waals surface area (Å²) in [6, 6.07) is 0. The van der Waals surface area contributed by atoms with Gasteiger partial charge >= 0.3 is 0 Å². The van der Waals surface area contributed by atoms with E-state index in [1.807, 2.05) is 39.4 Å². The van der Waals surface area contributed by atoms with Gasteiger partial charge in [-0.1, -0.05) is 6.92 Å². The Hall–Kier alpha value is -2.05. The molecule has 3 N–H and O–H groups in total. The van der Waals surface area contributed by atoms with E-state index in [0.717, 1.165) is 42.4 Å². The van der Waals surface area contributed by atoms with Gasteiger partial charge in [-0.05, 0) is 27.2 Å². The number of nitrogens with one attached hydrogen (secondary N) is 3. The molecule has 1 amide bonds. The quantitative estimate of drug-likeness (QED) is 0.493. The van der Waals surface area contributed by atoms with Gasteiger partial charge in [-0.15, -0.1) is 0 Å². The van der Waals surface area contributed by atoms with E-state index in [2.05, 4.69) is 26.0 Å². The zero-order valence-electron chi connectivity index (χ0n) is 15.0. The van der Waals surface area contributed by atoms with Crippen molar-refractivity contribution in [3.05, 3.63) is 17.0 Å². The molecule has 0 atom stereocenters. The van der Waals surface area contributed by atoms with Gasteiger partial charge in [-0.25, -0.2) is 4.99 Å². The van der Waals surface area contributed by atoms with Gasteiger partial charge < -0.3 is 16.0 Å². The average molecular weight is 322 g/mol. The third-order valence-electron chi connectivity index (χ3n) is 3.62. The van der Waals surface area contributed by atoms with E-state index >= 15 is 0 Å². The number of aromatic nitrogens is 2. The van der Waals surface area contributed by atoms with Crippen molar-refractivity contribution in [3.8, 4) is 0 Å². The van der Waals surface area contributed by atoms with Crippen LogP contribution in [0.15, 0.2) is 4.99 Å². The van der Waals surface area contributed by atoms with Crippen LogP contribution in [-0.2, 0) is 18.4 Å². The number of nitrogens with zero attached hydrogens (tertiary/aromatic N) is 3. The maximum atomic E-state index is 11.6. The minimum absolute atomic E-state index is 0.0640. The first-order chi connectivity index (χ1) is 11.0. The molecule has 0 bridgehead atoms. The monoisotopic (exact) mass is 322 g/mol. The first-order valence-corrected chi connectivity index (χ1v) is 8.27. The lowest BCUT2D eigenvalue weighted by molar-refractivity contribution is -0.120. The van der Waals surface area contributed by atoms with Crippen LogP contribution in [0.4, 0.5) is 0 Å². The van der Waals surface area contributed by atoms with E-state index in [1.165, 1.54) is 0 Å². The smallest absolute Gasteiger partial charge is 0.221 e. The van der Waals surface area contributed by atoms with Crippen molar-refractivity contribution in [2.75, 3.05) is 19.6 Å². The molecule has 0 aliphatic heterocycles. The Morgan fingerprint density at radius 1 is 1.17 bits per heavy atom. The van der Waals surface area contributed by atoms with Crippen molar-refractivity contribution in [2.24, 2.45) is 12.0 Å². The molecule has 7 nitrogen and oxygen atoms in total. The molecule has 0 radical (unpaired) electrons. The predicted molar refractivity (Wildman–Crippen MR) is 93.4 cm³/mol. The van der Waals surface area contributed by atoms with Gasteiger partial charge in [0.2, 0.25) is 5.91 Å². The standard InChI is InChI=1S/C16H30N6O/c1-6-9-18-15(23)8-10-19-16(17-7-2)20-11-14-12(3)21-22(5)13(14)4/h6-11H2,1-5H3,(H,18,23)(H2,17,19,20). The highest BCUT2D eigenvalue weighted by Gasteiger charge is 2.09. The molecule has 0 aliphatic rings. The Balaban J connectivity index is 2.55. The van der Waals surface area contributed by atoms with Gasteiger partial charge in [-0.2, -0.15) is 5.10 Å². The van der Waals surface area contributed by atoms with Gasteiger partial charge in [-0.3, -0.25) is 9.48 Å². The predicted octanol–water partition coefficient (Wildman–Crippen LogP) is 1.01. The van der Waals surface area contributed by atoms with Gasteiger partial charge in [0.05, 0.1) is 12.2 Å². The summed E-state index contributed by atoms with van der Waals surface area (Å²) in [6.07, 6.45) is 1.39.